The lowest BCUT2D eigenvalue weighted by Crippen LogP contribution is -2.34. The fraction of sp³-hybridized carbons (Fsp3) is 0.300. The number of urea groups is 1. The molecule has 0 aliphatic carbocycles. The molecule has 1 unspecified atom stereocenters. The highest BCUT2D eigenvalue weighted by atomic mass is 16.5. The monoisotopic (exact) mass is 367 g/mol. The van der Waals surface area contributed by atoms with Gasteiger partial charge in [0.05, 0.1) is 12.1 Å². The first kappa shape index (κ1) is 17.4. The summed E-state index contributed by atoms with van der Waals surface area (Å²) in [5.74, 6) is -0.401. The van der Waals surface area contributed by atoms with Crippen LogP contribution in [-0.4, -0.2) is 23.7 Å². The molecule has 2 N–H and O–H groups in total. The van der Waals surface area contributed by atoms with Crippen LogP contribution < -0.4 is 16.4 Å². The largest absolute Gasteiger partial charge is 0.419 e. The van der Waals surface area contributed by atoms with Crippen LogP contribution in [0.5, 0.6) is 0 Å². The molecule has 2 heterocycles. The maximum Gasteiger partial charge on any atom is 0.419 e. The van der Waals surface area contributed by atoms with Crippen molar-refractivity contribution in [3.8, 4) is 0 Å². The number of nitrogens with one attached hydrogen (secondary N) is 2. The van der Waals surface area contributed by atoms with Crippen molar-refractivity contribution in [1.29, 1.82) is 0 Å². The highest BCUT2D eigenvalue weighted by Crippen LogP contribution is 2.26. The second kappa shape index (κ2) is 7.28. The number of nitrogens with zero attached hydrogens (tertiary/aromatic N) is 1. The second-order valence-corrected chi connectivity index (χ2v) is 6.44. The van der Waals surface area contributed by atoms with Gasteiger partial charge < -0.3 is 19.8 Å². The molecule has 2 amide bonds. The zero-order chi connectivity index (χ0) is 18.8. The summed E-state index contributed by atoms with van der Waals surface area (Å²) < 4.78 is 12.6. The van der Waals surface area contributed by atoms with Crippen LogP contribution in [-0.2, 0) is 17.7 Å². The van der Waals surface area contributed by atoms with E-state index in [1.165, 1.54) is 10.1 Å². The molecule has 1 aliphatic rings. The third kappa shape index (κ3) is 3.46. The summed E-state index contributed by atoms with van der Waals surface area (Å²) in [5.41, 5.74) is 4.09. The average Bonchev–Trinajstić information content (AvgIpc) is 3.00. The smallest absolute Gasteiger partial charge is 0.408 e. The van der Waals surface area contributed by atoms with E-state index in [-0.39, 0.29) is 12.1 Å². The van der Waals surface area contributed by atoms with E-state index < -0.39 is 5.76 Å². The molecule has 0 fully saturated rings. The molecule has 1 atom stereocenters. The molecule has 140 valence electrons. The van der Waals surface area contributed by atoms with Crippen molar-refractivity contribution < 1.29 is 13.9 Å². The number of fused-ring (bicyclic) bond motifs is 2. The van der Waals surface area contributed by atoms with Gasteiger partial charge in [0.2, 0.25) is 0 Å². The fourth-order valence-corrected chi connectivity index (χ4v) is 3.45. The zero-order valence-corrected chi connectivity index (χ0v) is 15.0. The van der Waals surface area contributed by atoms with Gasteiger partial charge in [-0.05, 0) is 36.6 Å². The highest BCUT2D eigenvalue weighted by molar-refractivity contribution is 5.91. The van der Waals surface area contributed by atoms with E-state index >= 15 is 0 Å². The number of aromatic nitrogens is 1. The summed E-state index contributed by atoms with van der Waals surface area (Å²) in [6, 6.07) is 12.9. The Morgan fingerprint density at radius 2 is 2.11 bits per heavy atom. The Morgan fingerprint density at radius 1 is 1.26 bits per heavy atom. The number of hydrogen-bond acceptors (Lipinski definition) is 4. The predicted molar refractivity (Wildman–Crippen MR) is 102 cm³/mol. The number of aryl methyl sites for hydroxylation is 1. The van der Waals surface area contributed by atoms with E-state index in [9.17, 15) is 9.59 Å². The number of oxazole rings is 1. The Hall–Kier alpha value is -3.06. The van der Waals surface area contributed by atoms with Gasteiger partial charge in [-0.1, -0.05) is 24.3 Å². The lowest BCUT2D eigenvalue weighted by Gasteiger charge is -2.26. The van der Waals surface area contributed by atoms with Gasteiger partial charge in [-0.3, -0.25) is 4.57 Å². The number of anilines is 1. The van der Waals surface area contributed by atoms with E-state index in [1.807, 2.05) is 25.1 Å². The minimum atomic E-state index is -0.401. The van der Waals surface area contributed by atoms with Crippen LogP contribution in [0.25, 0.3) is 11.1 Å². The summed E-state index contributed by atoms with van der Waals surface area (Å²) in [7, 11) is 0. The van der Waals surface area contributed by atoms with Gasteiger partial charge in [0.15, 0.2) is 5.58 Å². The van der Waals surface area contributed by atoms with Crippen LogP contribution in [0, 0.1) is 0 Å². The van der Waals surface area contributed by atoms with Crippen molar-refractivity contribution in [2.75, 3.05) is 18.5 Å². The number of ether oxygens (including phenoxy) is 1. The minimum Gasteiger partial charge on any atom is -0.408 e. The zero-order valence-electron chi connectivity index (χ0n) is 15.0. The Bertz CT molecular complexity index is 1040. The minimum absolute atomic E-state index is 0.153. The van der Waals surface area contributed by atoms with E-state index in [0.29, 0.717) is 36.5 Å². The third-order valence-electron chi connectivity index (χ3n) is 4.78. The van der Waals surface area contributed by atoms with Crippen molar-refractivity contribution in [2.24, 2.45) is 0 Å². The SMILES string of the molecule is CCn1c(=O)oc2cc(NC(=O)NCC3OCCc4ccccc43)ccc21. The van der Waals surface area contributed by atoms with Gasteiger partial charge in [0.25, 0.3) is 0 Å². The summed E-state index contributed by atoms with van der Waals surface area (Å²) in [5, 5.41) is 5.61. The number of carbonyl (C=O) groups excluding carboxylic acids is 1. The molecule has 1 aliphatic heterocycles. The molecule has 0 bridgehead atoms. The Morgan fingerprint density at radius 3 is 2.96 bits per heavy atom. The van der Waals surface area contributed by atoms with Gasteiger partial charge in [0.1, 0.15) is 6.10 Å². The molecule has 0 saturated carbocycles. The molecular weight excluding hydrogens is 346 g/mol. The Balaban J connectivity index is 1.42. The van der Waals surface area contributed by atoms with Crippen molar-refractivity contribution in [3.05, 3.63) is 64.1 Å². The van der Waals surface area contributed by atoms with E-state index in [1.54, 1.807) is 18.2 Å². The Labute approximate surface area is 155 Å². The van der Waals surface area contributed by atoms with E-state index in [0.717, 1.165) is 12.0 Å². The fourth-order valence-electron chi connectivity index (χ4n) is 3.45. The Kier molecular flexibility index (Phi) is 4.68. The van der Waals surface area contributed by atoms with Crippen LogP contribution in [0.3, 0.4) is 0 Å². The maximum atomic E-state index is 12.3. The first-order valence-electron chi connectivity index (χ1n) is 9.03. The van der Waals surface area contributed by atoms with Gasteiger partial charge in [-0.25, -0.2) is 9.59 Å². The molecule has 0 spiro atoms. The summed E-state index contributed by atoms with van der Waals surface area (Å²) >= 11 is 0. The van der Waals surface area contributed by atoms with Crippen molar-refractivity contribution >= 4 is 22.8 Å². The van der Waals surface area contributed by atoms with Gasteiger partial charge in [-0.15, -0.1) is 0 Å². The summed E-state index contributed by atoms with van der Waals surface area (Å²) in [6.07, 6.45) is 0.737. The van der Waals surface area contributed by atoms with Crippen LogP contribution in [0.4, 0.5) is 10.5 Å². The van der Waals surface area contributed by atoms with Gasteiger partial charge in [-0.2, -0.15) is 0 Å². The molecule has 7 heteroatoms. The molecule has 2 aromatic carbocycles. The molecular formula is C20H21N3O4. The summed E-state index contributed by atoms with van der Waals surface area (Å²) in [4.78, 5) is 24.0. The molecule has 7 nitrogen and oxygen atoms in total. The van der Waals surface area contributed by atoms with E-state index in [2.05, 4.69) is 16.7 Å². The quantitative estimate of drug-likeness (QED) is 0.742. The van der Waals surface area contributed by atoms with Crippen LogP contribution in [0.1, 0.15) is 24.2 Å². The summed E-state index contributed by atoms with van der Waals surface area (Å²) in [6.45, 7) is 3.44. The number of carbonyl (C=O) groups is 1. The molecule has 0 radical (unpaired) electrons. The maximum absolute atomic E-state index is 12.3. The van der Waals surface area contributed by atoms with Crippen LogP contribution >= 0.6 is 0 Å². The highest BCUT2D eigenvalue weighted by Gasteiger charge is 2.21. The van der Waals surface area contributed by atoms with E-state index in [4.69, 9.17) is 9.15 Å². The number of amides is 2. The number of benzene rings is 2. The molecule has 27 heavy (non-hydrogen) atoms. The van der Waals surface area contributed by atoms with Crippen molar-refractivity contribution in [3.63, 3.8) is 0 Å². The van der Waals surface area contributed by atoms with Crippen LogP contribution in [0.15, 0.2) is 51.7 Å². The second-order valence-electron chi connectivity index (χ2n) is 6.44. The number of hydrogen-bond donors (Lipinski definition) is 2. The van der Waals surface area contributed by atoms with Crippen molar-refractivity contribution in [2.45, 2.75) is 26.0 Å². The molecule has 4 rings (SSSR count). The first-order valence-corrected chi connectivity index (χ1v) is 9.03. The standard InChI is InChI=1S/C20H21N3O4/c1-2-23-16-8-7-14(11-17(16)27-20(23)25)22-19(24)21-12-18-15-6-4-3-5-13(15)9-10-26-18/h3-8,11,18H,2,9-10,12H2,1H3,(H2,21,22,24). The molecule has 1 aromatic heterocycles. The normalized spacial score (nSPS) is 16.1. The van der Waals surface area contributed by atoms with Gasteiger partial charge in [0, 0.05) is 24.8 Å². The van der Waals surface area contributed by atoms with Crippen molar-refractivity contribution in [1.82, 2.24) is 9.88 Å². The van der Waals surface area contributed by atoms with Crippen LogP contribution in [0.2, 0.25) is 0 Å². The first-order chi connectivity index (χ1) is 13.2. The third-order valence-corrected chi connectivity index (χ3v) is 4.78. The molecule has 3 aromatic rings. The lowest BCUT2D eigenvalue weighted by molar-refractivity contribution is 0.0444. The lowest BCUT2D eigenvalue weighted by atomic mass is 9.98. The predicted octanol–water partition coefficient (Wildman–Crippen LogP) is 3.05. The molecule has 0 saturated heterocycles. The average molecular weight is 367 g/mol. The number of rotatable bonds is 4. The topological polar surface area (TPSA) is 85.5 Å². The van der Waals surface area contributed by atoms with Gasteiger partial charge >= 0.3 is 11.8 Å².